The first kappa shape index (κ1) is 20.0. The number of nitrogens with zero attached hydrogens (tertiary/aromatic N) is 3. The van der Waals surface area contributed by atoms with Crippen LogP contribution in [-0.4, -0.2) is 53.8 Å². The number of piperidine rings is 1. The van der Waals surface area contributed by atoms with Gasteiger partial charge in [0.15, 0.2) is 5.82 Å². The van der Waals surface area contributed by atoms with Crippen LogP contribution in [0.3, 0.4) is 0 Å². The maximum absolute atomic E-state index is 6.11. The first-order valence-corrected chi connectivity index (χ1v) is 11.8. The van der Waals surface area contributed by atoms with Gasteiger partial charge in [0.05, 0.1) is 24.6 Å². The molecule has 4 heterocycles. The van der Waals surface area contributed by atoms with Gasteiger partial charge in [0.1, 0.15) is 12.4 Å². The zero-order valence-corrected chi connectivity index (χ0v) is 18.4. The molecule has 1 aromatic heterocycles. The number of rotatable bonds is 4. The summed E-state index contributed by atoms with van der Waals surface area (Å²) in [5.74, 6) is 2.58. The van der Waals surface area contributed by atoms with E-state index in [4.69, 9.17) is 14.5 Å². The number of hydrogen-bond donors (Lipinski definition) is 1. The van der Waals surface area contributed by atoms with E-state index in [-0.39, 0.29) is 0 Å². The van der Waals surface area contributed by atoms with Crippen molar-refractivity contribution < 1.29 is 9.47 Å². The molecule has 2 aromatic carbocycles. The Kier molecular flexibility index (Phi) is 5.43. The summed E-state index contributed by atoms with van der Waals surface area (Å²) in [5.41, 5.74) is 6.05. The molecule has 2 fully saturated rings. The van der Waals surface area contributed by atoms with Crippen molar-refractivity contribution in [1.29, 1.82) is 0 Å². The Balaban J connectivity index is 1.22. The van der Waals surface area contributed by atoms with Crippen LogP contribution in [0, 0.1) is 0 Å². The number of ether oxygens (including phenoxy) is 2. The van der Waals surface area contributed by atoms with Gasteiger partial charge in [0.25, 0.3) is 0 Å². The standard InChI is InChI=1S/C26H30N4O2/c1-3-20(4-2-19(1)21-7-9-27-10-8-21)22-5-6-24-25(15-22)32-18-26-28-23(17-30(24)26)16-29-11-13-31-14-12-29/h1-6,15,17,21,27H,7-14,16,18H2. The molecule has 2 saturated heterocycles. The summed E-state index contributed by atoms with van der Waals surface area (Å²) in [4.78, 5) is 7.23. The second-order valence-corrected chi connectivity index (χ2v) is 9.02. The van der Waals surface area contributed by atoms with Crippen LogP contribution in [-0.2, 0) is 17.9 Å². The predicted octanol–water partition coefficient (Wildman–Crippen LogP) is 3.73. The van der Waals surface area contributed by atoms with Crippen molar-refractivity contribution in [2.45, 2.75) is 31.9 Å². The van der Waals surface area contributed by atoms with Crippen LogP contribution in [0.15, 0.2) is 48.7 Å². The van der Waals surface area contributed by atoms with Gasteiger partial charge < -0.3 is 14.8 Å². The molecule has 3 aliphatic heterocycles. The molecule has 0 spiro atoms. The Morgan fingerprint density at radius 3 is 2.56 bits per heavy atom. The monoisotopic (exact) mass is 430 g/mol. The van der Waals surface area contributed by atoms with Crippen LogP contribution in [0.5, 0.6) is 5.75 Å². The largest absolute Gasteiger partial charge is 0.483 e. The Labute approximate surface area is 189 Å². The zero-order chi connectivity index (χ0) is 21.3. The highest BCUT2D eigenvalue weighted by Gasteiger charge is 2.22. The molecule has 0 aliphatic carbocycles. The topological polar surface area (TPSA) is 51.6 Å². The molecule has 6 heteroatoms. The lowest BCUT2D eigenvalue weighted by Gasteiger charge is -2.25. The van der Waals surface area contributed by atoms with Gasteiger partial charge in [-0.05, 0) is 60.7 Å². The van der Waals surface area contributed by atoms with Gasteiger partial charge in [-0.3, -0.25) is 9.47 Å². The maximum Gasteiger partial charge on any atom is 0.151 e. The van der Waals surface area contributed by atoms with Gasteiger partial charge in [-0.1, -0.05) is 30.3 Å². The number of benzene rings is 2. The summed E-state index contributed by atoms with van der Waals surface area (Å²) in [5, 5.41) is 3.45. The van der Waals surface area contributed by atoms with Crippen molar-refractivity contribution in [2.24, 2.45) is 0 Å². The average molecular weight is 431 g/mol. The SMILES string of the molecule is c1cc(C2CCNCC2)ccc1-c1ccc2c(c1)OCc1nc(CN3CCOCC3)cn1-2. The van der Waals surface area contributed by atoms with Crippen LogP contribution in [0.25, 0.3) is 16.8 Å². The third-order valence-corrected chi connectivity index (χ3v) is 6.95. The molecule has 0 bridgehead atoms. The number of imidazole rings is 1. The van der Waals surface area contributed by atoms with E-state index >= 15 is 0 Å². The minimum atomic E-state index is 0.508. The fraction of sp³-hybridized carbons (Fsp3) is 0.423. The van der Waals surface area contributed by atoms with Gasteiger partial charge in [-0.25, -0.2) is 4.98 Å². The quantitative estimate of drug-likeness (QED) is 0.684. The third-order valence-electron chi connectivity index (χ3n) is 6.95. The van der Waals surface area contributed by atoms with Crippen molar-refractivity contribution in [3.8, 4) is 22.6 Å². The Hall–Kier alpha value is -2.67. The molecule has 0 radical (unpaired) electrons. The van der Waals surface area contributed by atoms with Gasteiger partial charge in [-0.15, -0.1) is 0 Å². The molecule has 3 aliphatic rings. The van der Waals surface area contributed by atoms with E-state index in [1.165, 1.54) is 29.5 Å². The molecule has 1 N–H and O–H groups in total. The molecule has 6 nitrogen and oxygen atoms in total. The van der Waals surface area contributed by atoms with Crippen molar-refractivity contribution >= 4 is 0 Å². The summed E-state index contributed by atoms with van der Waals surface area (Å²) in [7, 11) is 0. The van der Waals surface area contributed by atoms with Crippen LogP contribution < -0.4 is 10.1 Å². The highest BCUT2D eigenvalue weighted by molar-refractivity contribution is 5.69. The fourth-order valence-electron chi connectivity index (χ4n) is 5.10. The zero-order valence-electron chi connectivity index (χ0n) is 18.4. The van der Waals surface area contributed by atoms with E-state index in [0.717, 1.165) is 68.9 Å². The van der Waals surface area contributed by atoms with E-state index < -0.39 is 0 Å². The summed E-state index contributed by atoms with van der Waals surface area (Å²) in [6, 6.07) is 15.6. The summed E-state index contributed by atoms with van der Waals surface area (Å²) < 4.78 is 13.8. The first-order chi connectivity index (χ1) is 15.8. The summed E-state index contributed by atoms with van der Waals surface area (Å²) in [6.07, 6.45) is 4.62. The second-order valence-electron chi connectivity index (χ2n) is 9.02. The molecular formula is C26H30N4O2. The van der Waals surface area contributed by atoms with Crippen LogP contribution in [0.1, 0.15) is 35.8 Å². The molecule has 0 atom stereocenters. The highest BCUT2D eigenvalue weighted by atomic mass is 16.5. The Morgan fingerprint density at radius 2 is 1.75 bits per heavy atom. The molecule has 0 amide bonds. The van der Waals surface area contributed by atoms with E-state index in [1.54, 1.807) is 0 Å². The normalized spacial score (nSPS) is 19.2. The van der Waals surface area contributed by atoms with Crippen molar-refractivity contribution in [3.05, 3.63) is 65.7 Å². The van der Waals surface area contributed by atoms with Gasteiger partial charge in [0, 0.05) is 25.8 Å². The third kappa shape index (κ3) is 3.94. The lowest BCUT2D eigenvalue weighted by molar-refractivity contribution is 0.0337. The van der Waals surface area contributed by atoms with Crippen molar-refractivity contribution in [3.63, 3.8) is 0 Å². The van der Waals surface area contributed by atoms with E-state index in [1.807, 2.05) is 0 Å². The molecule has 32 heavy (non-hydrogen) atoms. The molecule has 166 valence electrons. The van der Waals surface area contributed by atoms with Crippen LogP contribution in [0.2, 0.25) is 0 Å². The van der Waals surface area contributed by atoms with Gasteiger partial charge >= 0.3 is 0 Å². The smallest absolute Gasteiger partial charge is 0.151 e. The Morgan fingerprint density at radius 1 is 0.969 bits per heavy atom. The number of morpholine rings is 1. The lowest BCUT2D eigenvalue weighted by atomic mass is 9.89. The van der Waals surface area contributed by atoms with Gasteiger partial charge in [-0.2, -0.15) is 0 Å². The second kappa shape index (κ2) is 8.70. The summed E-state index contributed by atoms with van der Waals surface area (Å²) in [6.45, 7) is 7.17. The highest BCUT2D eigenvalue weighted by Crippen LogP contribution is 2.35. The average Bonchev–Trinajstić information content (AvgIpc) is 3.28. The first-order valence-electron chi connectivity index (χ1n) is 11.8. The minimum absolute atomic E-state index is 0.508. The minimum Gasteiger partial charge on any atom is -0.483 e. The number of nitrogens with one attached hydrogen (secondary N) is 1. The van der Waals surface area contributed by atoms with Gasteiger partial charge in [0.2, 0.25) is 0 Å². The lowest BCUT2D eigenvalue weighted by Crippen LogP contribution is -2.35. The number of hydrogen-bond acceptors (Lipinski definition) is 5. The predicted molar refractivity (Wildman–Crippen MR) is 124 cm³/mol. The molecule has 3 aromatic rings. The molecule has 6 rings (SSSR count). The van der Waals surface area contributed by atoms with Crippen LogP contribution >= 0.6 is 0 Å². The summed E-state index contributed by atoms with van der Waals surface area (Å²) >= 11 is 0. The molecule has 0 saturated carbocycles. The number of aromatic nitrogens is 2. The van der Waals surface area contributed by atoms with Crippen molar-refractivity contribution in [1.82, 2.24) is 19.8 Å². The molecular weight excluding hydrogens is 400 g/mol. The van der Waals surface area contributed by atoms with Crippen LogP contribution in [0.4, 0.5) is 0 Å². The Bertz CT molecular complexity index is 1080. The maximum atomic E-state index is 6.11. The molecule has 0 unspecified atom stereocenters. The fourth-order valence-corrected chi connectivity index (χ4v) is 5.10. The number of fused-ring (bicyclic) bond motifs is 3. The van der Waals surface area contributed by atoms with Crippen molar-refractivity contribution in [2.75, 3.05) is 39.4 Å². The van der Waals surface area contributed by atoms with E-state index in [9.17, 15) is 0 Å². The van der Waals surface area contributed by atoms with E-state index in [2.05, 4.69) is 63.4 Å². The van der Waals surface area contributed by atoms with E-state index in [0.29, 0.717) is 12.5 Å².